The summed E-state index contributed by atoms with van der Waals surface area (Å²) >= 11 is 0. The van der Waals surface area contributed by atoms with E-state index in [4.69, 9.17) is 15.0 Å². The third-order valence-corrected chi connectivity index (χ3v) is 9.46. The molecular formula is C45H30N6. The molecule has 4 aromatic heterocycles. The number of benzene rings is 6. The van der Waals surface area contributed by atoms with Crippen LogP contribution in [0.3, 0.4) is 0 Å². The van der Waals surface area contributed by atoms with E-state index in [1.54, 1.807) is 0 Å². The molecule has 6 heteroatoms. The van der Waals surface area contributed by atoms with E-state index >= 15 is 0 Å². The van der Waals surface area contributed by atoms with Gasteiger partial charge in [-0.1, -0.05) is 182 Å². The standard InChI is InChI=1S/C45H30N6/c1-7-19-31(20-8-1)37-40(34-25-13-4-14-26-34)49-43(46-37)50-41(35-27-15-5-16-28-35)38(32-21-9-2-10-22-32)48-45(50)51-42(36-29-17-6-18-30-36)39(47-44(49)51)33-23-11-3-12-24-33/h1-30H. The highest BCUT2D eigenvalue weighted by Crippen LogP contribution is 2.42. The van der Waals surface area contributed by atoms with Gasteiger partial charge in [-0.15, -0.1) is 0 Å². The Balaban J connectivity index is 1.50. The van der Waals surface area contributed by atoms with Crippen molar-refractivity contribution in [2.24, 2.45) is 0 Å². The maximum Gasteiger partial charge on any atom is 0.225 e. The third-order valence-electron chi connectivity index (χ3n) is 9.46. The Kier molecular flexibility index (Phi) is 6.70. The summed E-state index contributed by atoms with van der Waals surface area (Å²) in [7, 11) is 0. The molecule has 0 fully saturated rings. The summed E-state index contributed by atoms with van der Waals surface area (Å²) < 4.78 is 6.69. The average Bonchev–Trinajstić information content (AvgIpc) is 3.92. The Labute approximate surface area is 294 Å². The van der Waals surface area contributed by atoms with Crippen molar-refractivity contribution in [2.45, 2.75) is 0 Å². The molecule has 0 aliphatic heterocycles. The quantitative estimate of drug-likeness (QED) is 0.179. The van der Waals surface area contributed by atoms with Crippen molar-refractivity contribution in [3.8, 4) is 67.5 Å². The lowest BCUT2D eigenvalue weighted by molar-refractivity contribution is 0.986. The summed E-state index contributed by atoms with van der Waals surface area (Å²) in [6.07, 6.45) is 0. The maximum atomic E-state index is 5.55. The van der Waals surface area contributed by atoms with Gasteiger partial charge in [0.05, 0.1) is 34.2 Å². The monoisotopic (exact) mass is 654 g/mol. The van der Waals surface area contributed by atoms with Crippen LogP contribution >= 0.6 is 0 Å². The van der Waals surface area contributed by atoms with E-state index in [1.807, 2.05) is 18.2 Å². The zero-order valence-electron chi connectivity index (χ0n) is 27.5. The Morgan fingerprint density at radius 2 is 0.431 bits per heavy atom. The lowest BCUT2D eigenvalue weighted by Crippen LogP contribution is -2.06. The summed E-state index contributed by atoms with van der Waals surface area (Å²) in [4.78, 5) is 16.6. The molecule has 0 N–H and O–H groups in total. The minimum Gasteiger partial charge on any atom is -0.246 e. The summed E-state index contributed by atoms with van der Waals surface area (Å²) in [5.74, 6) is 2.19. The molecule has 0 radical (unpaired) electrons. The first-order chi connectivity index (χ1) is 25.3. The first kappa shape index (κ1) is 28.9. The molecule has 4 heterocycles. The Bertz CT molecular complexity index is 2460. The molecule has 51 heavy (non-hydrogen) atoms. The van der Waals surface area contributed by atoms with E-state index in [0.717, 1.165) is 84.9 Å². The van der Waals surface area contributed by atoms with Gasteiger partial charge >= 0.3 is 0 Å². The molecule has 0 bridgehead atoms. The van der Waals surface area contributed by atoms with Crippen molar-refractivity contribution < 1.29 is 0 Å². The number of aromatic nitrogens is 6. The molecule has 6 nitrogen and oxygen atoms in total. The van der Waals surface area contributed by atoms with Crippen molar-refractivity contribution in [3.63, 3.8) is 0 Å². The molecule has 0 spiro atoms. The van der Waals surface area contributed by atoms with Crippen LogP contribution in [0.1, 0.15) is 0 Å². The van der Waals surface area contributed by atoms with Gasteiger partial charge in [-0.25, -0.2) is 28.2 Å². The third kappa shape index (κ3) is 4.61. The highest BCUT2D eigenvalue weighted by atomic mass is 15.3. The highest BCUT2D eigenvalue weighted by Gasteiger charge is 2.30. The summed E-state index contributed by atoms with van der Waals surface area (Å²) in [5, 5.41) is 0. The van der Waals surface area contributed by atoms with Crippen LogP contribution in [0.5, 0.6) is 0 Å². The van der Waals surface area contributed by atoms with E-state index in [0.29, 0.717) is 0 Å². The number of nitrogens with zero attached hydrogens (tertiary/aromatic N) is 6. The minimum atomic E-state index is 0.730. The number of imidazole rings is 3. The van der Waals surface area contributed by atoms with Crippen molar-refractivity contribution in [1.82, 2.24) is 28.2 Å². The fourth-order valence-corrected chi connectivity index (χ4v) is 7.22. The lowest BCUT2D eigenvalue weighted by Gasteiger charge is -2.11. The summed E-state index contributed by atoms with van der Waals surface area (Å²) in [5.41, 5.74) is 11.7. The van der Waals surface area contributed by atoms with Crippen molar-refractivity contribution >= 4 is 17.3 Å². The largest absolute Gasteiger partial charge is 0.246 e. The van der Waals surface area contributed by atoms with Crippen LogP contribution in [-0.4, -0.2) is 28.2 Å². The second-order valence-corrected chi connectivity index (χ2v) is 12.5. The highest BCUT2D eigenvalue weighted by molar-refractivity contribution is 5.90. The van der Waals surface area contributed by atoms with E-state index in [2.05, 4.69) is 177 Å². The first-order valence-corrected chi connectivity index (χ1v) is 17.1. The van der Waals surface area contributed by atoms with Gasteiger partial charge in [0, 0.05) is 33.4 Å². The SMILES string of the molecule is c1ccc(-c2nc3n(c2-c2ccccc2)c2nc(-c4ccccc4)c(-c4ccccc4)n2c2nc(-c4ccccc4)c(-c4ccccc4)n32)cc1. The van der Waals surface area contributed by atoms with E-state index in [-0.39, 0.29) is 0 Å². The van der Waals surface area contributed by atoms with Gasteiger partial charge in [0.1, 0.15) is 0 Å². The van der Waals surface area contributed by atoms with E-state index in [9.17, 15) is 0 Å². The van der Waals surface area contributed by atoms with Gasteiger partial charge in [0.15, 0.2) is 0 Å². The zero-order valence-corrected chi connectivity index (χ0v) is 27.5. The lowest BCUT2D eigenvalue weighted by atomic mass is 10.1. The van der Waals surface area contributed by atoms with Gasteiger partial charge in [-0.3, -0.25) is 0 Å². The number of hydrogen-bond acceptors (Lipinski definition) is 3. The molecule has 6 aromatic carbocycles. The molecule has 10 aromatic rings. The number of rotatable bonds is 6. The molecule has 0 saturated carbocycles. The topological polar surface area (TPSA) is 51.9 Å². The first-order valence-electron chi connectivity index (χ1n) is 17.1. The summed E-state index contributed by atoms with van der Waals surface area (Å²) in [6.45, 7) is 0. The van der Waals surface area contributed by atoms with E-state index in [1.165, 1.54) is 0 Å². The minimum absolute atomic E-state index is 0.730. The Morgan fingerprint density at radius 1 is 0.235 bits per heavy atom. The predicted octanol–water partition coefficient (Wildman–Crippen LogP) is 10.6. The van der Waals surface area contributed by atoms with Crippen LogP contribution in [0.25, 0.3) is 84.9 Å². The van der Waals surface area contributed by atoms with Crippen molar-refractivity contribution in [3.05, 3.63) is 182 Å². The fraction of sp³-hybridized carbons (Fsp3) is 0. The van der Waals surface area contributed by atoms with Gasteiger partial charge in [0.25, 0.3) is 0 Å². The molecule has 0 aliphatic rings. The number of hydrogen-bond donors (Lipinski definition) is 0. The maximum absolute atomic E-state index is 5.55. The average molecular weight is 655 g/mol. The van der Waals surface area contributed by atoms with Crippen molar-refractivity contribution in [2.75, 3.05) is 0 Å². The Morgan fingerprint density at radius 3 is 0.647 bits per heavy atom. The summed E-state index contributed by atoms with van der Waals surface area (Å²) in [6, 6.07) is 62.8. The second-order valence-electron chi connectivity index (χ2n) is 12.5. The molecule has 0 atom stereocenters. The zero-order chi connectivity index (χ0) is 33.7. The van der Waals surface area contributed by atoms with Gasteiger partial charge in [0.2, 0.25) is 17.3 Å². The van der Waals surface area contributed by atoms with E-state index < -0.39 is 0 Å². The molecule has 0 saturated heterocycles. The molecule has 240 valence electrons. The van der Waals surface area contributed by atoms with Gasteiger partial charge in [-0.2, -0.15) is 0 Å². The van der Waals surface area contributed by atoms with Crippen LogP contribution in [0.4, 0.5) is 0 Å². The second kappa shape index (κ2) is 11.8. The molecule has 0 aliphatic carbocycles. The van der Waals surface area contributed by atoms with Crippen LogP contribution in [0.2, 0.25) is 0 Å². The normalized spacial score (nSPS) is 11.5. The molecule has 0 unspecified atom stereocenters. The molecule has 0 amide bonds. The van der Waals surface area contributed by atoms with Crippen LogP contribution in [0, 0.1) is 0 Å². The van der Waals surface area contributed by atoms with Crippen LogP contribution in [0.15, 0.2) is 182 Å². The molecule has 10 rings (SSSR count). The van der Waals surface area contributed by atoms with Crippen LogP contribution < -0.4 is 0 Å². The van der Waals surface area contributed by atoms with Gasteiger partial charge in [-0.05, 0) is 0 Å². The fourth-order valence-electron chi connectivity index (χ4n) is 7.22. The number of fused-ring (bicyclic) bond motifs is 6. The van der Waals surface area contributed by atoms with Crippen molar-refractivity contribution in [1.29, 1.82) is 0 Å². The van der Waals surface area contributed by atoms with Gasteiger partial charge < -0.3 is 0 Å². The Hall–Kier alpha value is -7.05. The predicted molar refractivity (Wildman–Crippen MR) is 205 cm³/mol. The van der Waals surface area contributed by atoms with Crippen LogP contribution in [-0.2, 0) is 0 Å². The smallest absolute Gasteiger partial charge is 0.225 e. The molecular weight excluding hydrogens is 625 g/mol.